The predicted molar refractivity (Wildman–Crippen MR) is 240 cm³/mol. The van der Waals surface area contributed by atoms with Crippen molar-refractivity contribution in [2.45, 2.75) is 47.0 Å². The lowest BCUT2D eigenvalue weighted by Crippen LogP contribution is -2.01. The van der Waals surface area contributed by atoms with Crippen molar-refractivity contribution in [3.05, 3.63) is 169 Å². The fraction of sp³-hybridized carbons (Fsp3) is 0.154. The van der Waals surface area contributed by atoms with Crippen LogP contribution in [0.25, 0.3) is 88.9 Å². The second-order valence-electron chi connectivity index (χ2n) is 15.8. The van der Waals surface area contributed by atoms with E-state index in [0.717, 1.165) is 97.0 Å². The number of aryl methyl sites for hydroxylation is 2. The van der Waals surface area contributed by atoms with Crippen LogP contribution in [0.4, 0.5) is 0 Å². The average molecular weight is 753 g/mol. The summed E-state index contributed by atoms with van der Waals surface area (Å²) in [5, 5.41) is 4.37. The zero-order chi connectivity index (χ0) is 39.3. The third-order valence-corrected chi connectivity index (χ3v) is 11.4. The van der Waals surface area contributed by atoms with Gasteiger partial charge in [-0.3, -0.25) is 9.13 Å². The van der Waals surface area contributed by atoms with E-state index < -0.39 is 0 Å². The van der Waals surface area contributed by atoms with Crippen LogP contribution in [-0.4, -0.2) is 29.1 Å². The lowest BCUT2D eigenvalue weighted by molar-refractivity contribution is 0.646. The molecule has 0 atom stereocenters. The first kappa shape index (κ1) is 35.5. The van der Waals surface area contributed by atoms with Gasteiger partial charge in [0.2, 0.25) is 0 Å². The van der Waals surface area contributed by atoms with E-state index in [1.807, 2.05) is 43.0 Å². The molecule has 0 aliphatic rings. The van der Waals surface area contributed by atoms with Gasteiger partial charge in [0.1, 0.15) is 22.6 Å². The van der Waals surface area contributed by atoms with Crippen LogP contribution in [-0.2, 0) is 19.3 Å². The highest BCUT2D eigenvalue weighted by atomic mass is 15.1. The van der Waals surface area contributed by atoms with E-state index in [1.54, 1.807) is 0 Å². The Morgan fingerprint density at radius 1 is 0.414 bits per heavy atom. The molecule has 0 aliphatic heterocycles. The Bertz CT molecular complexity index is 3110. The van der Waals surface area contributed by atoms with Crippen LogP contribution in [0.1, 0.15) is 44.4 Å². The maximum absolute atomic E-state index is 5.16. The first-order chi connectivity index (χ1) is 28.4. The molecule has 6 heterocycles. The summed E-state index contributed by atoms with van der Waals surface area (Å²) in [7, 11) is 0. The fourth-order valence-corrected chi connectivity index (χ4v) is 8.59. The zero-order valence-electron chi connectivity index (χ0n) is 33.3. The quantitative estimate of drug-likeness (QED) is 0.147. The van der Waals surface area contributed by atoms with E-state index >= 15 is 0 Å². The van der Waals surface area contributed by atoms with Crippen LogP contribution in [0.5, 0.6) is 0 Å². The second kappa shape index (κ2) is 14.5. The van der Waals surface area contributed by atoms with Crippen molar-refractivity contribution in [2.24, 2.45) is 5.92 Å². The molecule has 0 radical (unpaired) electrons. The lowest BCUT2D eigenvalue weighted by atomic mass is 9.93. The van der Waals surface area contributed by atoms with Gasteiger partial charge in [0.25, 0.3) is 0 Å². The van der Waals surface area contributed by atoms with E-state index in [0.29, 0.717) is 5.92 Å². The molecular weight excluding hydrogens is 709 g/mol. The molecule has 0 bridgehead atoms. The van der Waals surface area contributed by atoms with E-state index in [1.165, 1.54) is 27.8 Å². The SMILES string of the molecule is CCc1cccc(-c2cc(-c3cc(-c4cccc(CC)c4)cc(-n4c5ncccc5c5cc(CC(C)C)cnc54)c3)cc(-n3c4ncccc4c4cccnc43)c2)c1. The number of aromatic nitrogens is 6. The Kier molecular flexibility index (Phi) is 8.90. The maximum Gasteiger partial charge on any atom is 0.146 e. The van der Waals surface area contributed by atoms with Crippen molar-refractivity contribution in [3.8, 4) is 44.8 Å². The Morgan fingerprint density at radius 3 is 1.29 bits per heavy atom. The Balaban J connectivity index is 1.27. The Hall–Kier alpha value is -6.92. The zero-order valence-corrected chi connectivity index (χ0v) is 33.3. The number of benzene rings is 4. The summed E-state index contributed by atoms with van der Waals surface area (Å²) in [6, 6.07) is 46.4. The van der Waals surface area contributed by atoms with E-state index in [-0.39, 0.29) is 0 Å². The standard InChI is InChI=1S/C52H44N6/c1-5-34-12-7-14-37(23-34)39-26-41(30-43(28-39)57-49-45(16-9-19-53-49)46-17-10-20-54-50(46)57)42-27-40(38-15-8-13-35(6-2)24-38)29-44(31-42)58-51-47(18-11-21-55-51)48-25-36(22-33(3)4)32-56-52(48)58/h7-21,23-33H,5-6,22H2,1-4H3. The fourth-order valence-electron chi connectivity index (χ4n) is 8.59. The highest BCUT2D eigenvalue weighted by molar-refractivity contribution is 6.07. The molecule has 6 heteroatoms. The first-order valence-corrected chi connectivity index (χ1v) is 20.4. The number of fused-ring (bicyclic) bond motifs is 6. The monoisotopic (exact) mass is 752 g/mol. The molecule has 0 amide bonds. The largest absolute Gasteiger partial charge is 0.278 e. The molecule has 0 saturated heterocycles. The molecule has 10 rings (SSSR count). The van der Waals surface area contributed by atoms with Gasteiger partial charge in [0.05, 0.1) is 11.4 Å². The van der Waals surface area contributed by atoms with Crippen LogP contribution in [0.15, 0.2) is 152 Å². The van der Waals surface area contributed by atoms with Crippen LogP contribution in [0.2, 0.25) is 0 Å². The topological polar surface area (TPSA) is 61.4 Å². The predicted octanol–water partition coefficient (Wildman–Crippen LogP) is 12.8. The summed E-state index contributed by atoms with van der Waals surface area (Å²) in [4.78, 5) is 20.0. The molecule has 282 valence electrons. The van der Waals surface area contributed by atoms with Crippen molar-refractivity contribution in [2.75, 3.05) is 0 Å². The van der Waals surface area contributed by atoms with Crippen molar-refractivity contribution >= 4 is 44.1 Å². The molecule has 0 aliphatic carbocycles. The number of hydrogen-bond donors (Lipinski definition) is 0. The van der Waals surface area contributed by atoms with Gasteiger partial charge in [-0.2, -0.15) is 0 Å². The van der Waals surface area contributed by atoms with Gasteiger partial charge in [-0.1, -0.05) is 76.2 Å². The van der Waals surface area contributed by atoms with Gasteiger partial charge in [-0.15, -0.1) is 0 Å². The van der Waals surface area contributed by atoms with Gasteiger partial charge < -0.3 is 0 Å². The van der Waals surface area contributed by atoms with Crippen LogP contribution < -0.4 is 0 Å². The van der Waals surface area contributed by atoms with E-state index in [2.05, 4.69) is 146 Å². The van der Waals surface area contributed by atoms with Gasteiger partial charge in [0, 0.05) is 46.3 Å². The maximum atomic E-state index is 5.16. The van der Waals surface area contributed by atoms with Crippen molar-refractivity contribution < 1.29 is 0 Å². The molecule has 6 nitrogen and oxygen atoms in total. The summed E-state index contributed by atoms with van der Waals surface area (Å²) >= 11 is 0. The van der Waals surface area contributed by atoms with E-state index in [4.69, 9.17) is 19.9 Å². The molecule has 0 N–H and O–H groups in total. The minimum atomic E-state index is 0.531. The first-order valence-electron chi connectivity index (χ1n) is 20.4. The number of rotatable bonds is 9. The molecule has 0 spiro atoms. The highest BCUT2D eigenvalue weighted by Crippen LogP contribution is 2.39. The van der Waals surface area contributed by atoms with Crippen LogP contribution >= 0.6 is 0 Å². The molecule has 0 fully saturated rings. The summed E-state index contributed by atoms with van der Waals surface area (Å²) < 4.78 is 4.46. The van der Waals surface area contributed by atoms with Gasteiger partial charge in [0.15, 0.2) is 0 Å². The molecule has 0 unspecified atom stereocenters. The normalized spacial score (nSPS) is 11.8. The summed E-state index contributed by atoms with van der Waals surface area (Å²) in [5.74, 6) is 0.531. The minimum Gasteiger partial charge on any atom is -0.278 e. The molecule has 4 aromatic carbocycles. The van der Waals surface area contributed by atoms with E-state index in [9.17, 15) is 0 Å². The molecule has 58 heavy (non-hydrogen) atoms. The van der Waals surface area contributed by atoms with Gasteiger partial charge >= 0.3 is 0 Å². The summed E-state index contributed by atoms with van der Waals surface area (Å²) in [5.41, 5.74) is 16.2. The molecule has 6 aromatic heterocycles. The van der Waals surface area contributed by atoms with Crippen LogP contribution in [0.3, 0.4) is 0 Å². The lowest BCUT2D eigenvalue weighted by Gasteiger charge is -2.16. The summed E-state index contributed by atoms with van der Waals surface area (Å²) in [6.45, 7) is 8.93. The molecular formula is C52H44N6. The third-order valence-electron chi connectivity index (χ3n) is 11.4. The highest BCUT2D eigenvalue weighted by Gasteiger charge is 2.20. The smallest absolute Gasteiger partial charge is 0.146 e. The number of nitrogens with zero attached hydrogens (tertiary/aromatic N) is 6. The average Bonchev–Trinajstić information content (AvgIpc) is 3.78. The minimum absolute atomic E-state index is 0.531. The van der Waals surface area contributed by atoms with Crippen LogP contribution in [0, 0.1) is 5.92 Å². The van der Waals surface area contributed by atoms with Crippen molar-refractivity contribution in [3.63, 3.8) is 0 Å². The second-order valence-corrected chi connectivity index (χ2v) is 15.8. The summed E-state index contributed by atoms with van der Waals surface area (Å²) in [6.07, 6.45) is 10.6. The Labute approximate surface area is 338 Å². The van der Waals surface area contributed by atoms with Crippen molar-refractivity contribution in [1.82, 2.24) is 29.1 Å². The number of pyridine rings is 4. The van der Waals surface area contributed by atoms with Gasteiger partial charge in [-0.25, -0.2) is 19.9 Å². The van der Waals surface area contributed by atoms with Gasteiger partial charge in [-0.05, 0) is 154 Å². The van der Waals surface area contributed by atoms with Crippen molar-refractivity contribution in [1.29, 1.82) is 0 Å². The third kappa shape index (κ3) is 6.22. The molecule has 0 saturated carbocycles. The Morgan fingerprint density at radius 2 is 0.845 bits per heavy atom. The number of hydrogen-bond acceptors (Lipinski definition) is 4. The molecule has 10 aromatic rings.